The summed E-state index contributed by atoms with van der Waals surface area (Å²) in [4.78, 5) is 35.2. The second kappa shape index (κ2) is 10.2. The van der Waals surface area contributed by atoms with Gasteiger partial charge in [0.2, 0.25) is 0 Å². The molecule has 0 heterocycles. The predicted molar refractivity (Wildman–Crippen MR) is 90.7 cm³/mol. The number of nitrogens with one attached hydrogen (secondary N) is 2. The van der Waals surface area contributed by atoms with Crippen molar-refractivity contribution in [3.63, 3.8) is 0 Å². The number of rotatable bonds is 9. The minimum atomic E-state index is -0.706. The van der Waals surface area contributed by atoms with Crippen molar-refractivity contribution in [3.8, 4) is 11.5 Å². The van der Waals surface area contributed by atoms with Crippen molar-refractivity contribution in [1.29, 1.82) is 0 Å². The third-order valence-electron chi connectivity index (χ3n) is 3.39. The van der Waals surface area contributed by atoms with Crippen LogP contribution in [0.3, 0.4) is 0 Å². The zero-order valence-electron chi connectivity index (χ0n) is 14.9. The quantitative estimate of drug-likeness (QED) is 0.640. The third-order valence-corrected chi connectivity index (χ3v) is 3.39. The van der Waals surface area contributed by atoms with E-state index >= 15 is 0 Å². The van der Waals surface area contributed by atoms with Gasteiger partial charge in [-0.2, -0.15) is 0 Å². The zero-order valence-corrected chi connectivity index (χ0v) is 14.9. The monoisotopic (exact) mass is 352 g/mol. The van der Waals surface area contributed by atoms with Crippen LogP contribution in [0.15, 0.2) is 18.2 Å². The lowest BCUT2D eigenvalue weighted by Gasteiger charge is -2.12. The molecule has 1 rings (SSSR count). The van der Waals surface area contributed by atoms with E-state index in [1.807, 2.05) is 13.8 Å². The lowest BCUT2D eigenvalue weighted by molar-refractivity contribution is -0.147. The van der Waals surface area contributed by atoms with Crippen LogP contribution in [-0.4, -0.2) is 51.2 Å². The van der Waals surface area contributed by atoms with Crippen LogP contribution < -0.4 is 20.1 Å². The van der Waals surface area contributed by atoms with Gasteiger partial charge in [-0.1, -0.05) is 6.92 Å². The summed E-state index contributed by atoms with van der Waals surface area (Å²) in [5.74, 6) is -0.671. The second-order valence-electron chi connectivity index (χ2n) is 5.32. The first-order chi connectivity index (χ1) is 11.9. The molecule has 0 radical (unpaired) electrons. The van der Waals surface area contributed by atoms with E-state index in [2.05, 4.69) is 10.6 Å². The average Bonchev–Trinajstić information content (AvgIpc) is 2.63. The van der Waals surface area contributed by atoms with E-state index in [0.717, 1.165) is 6.42 Å². The lowest BCUT2D eigenvalue weighted by Crippen LogP contribution is -2.37. The molecular weight excluding hydrogens is 328 g/mol. The summed E-state index contributed by atoms with van der Waals surface area (Å²) < 4.78 is 15.0. The Labute approximate surface area is 146 Å². The van der Waals surface area contributed by atoms with E-state index in [1.54, 1.807) is 6.07 Å². The van der Waals surface area contributed by atoms with Gasteiger partial charge in [0.1, 0.15) is 18.0 Å². The van der Waals surface area contributed by atoms with E-state index in [9.17, 15) is 14.4 Å². The van der Waals surface area contributed by atoms with Crippen LogP contribution in [0.25, 0.3) is 0 Å². The molecule has 1 atom stereocenters. The number of carbonyl (C=O) groups excluding carboxylic acids is 3. The molecule has 0 spiro atoms. The Morgan fingerprint density at radius 1 is 1.08 bits per heavy atom. The Bertz CT molecular complexity index is 595. The number of ether oxygens (including phenoxy) is 3. The smallest absolute Gasteiger partial charge is 0.325 e. The Morgan fingerprint density at radius 2 is 1.68 bits per heavy atom. The van der Waals surface area contributed by atoms with Crippen LogP contribution in [0, 0.1) is 0 Å². The Kier molecular flexibility index (Phi) is 8.25. The highest BCUT2D eigenvalue weighted by Gasteiger charge is 2.13. The molecule has 1 aromatic rings. The summed E-state index contributed by atoms with van der Waals surface area (Å²) in [5.41, 5.74) is 0.276. The molecule has 0 unspecified atom stereocenters. The summed E-state index contributed by atoms with van der Waals surface area (Å²) >= 11 is 0. The first-order valence-corrected chi connectivity index (χ1v) is 7.85. The van der Waals surface area contributed by atoms with Gasteiger partial charge in [0, 0.05) is 17.7 Å². The van der Waals surface area contributed by atoms with Crippen LogP contribution in [-0.2, 0) is 14.3 Å². The summed E-state index contributed by atoms with van der Waals surface area (Å²) in [7, 11) is 2.94. The number of benzene rings is 1. The van der Waals surface area contributed by atoms with Gasteiger partial charge in [-0.15, -0.1) is 0 Å². The normalized spacial score (nSPS) is 11.2. The van der Waals surface area contributed by atoms with Crippen LogP contribution >= 0.6 is 0 Å². The van der Waals surface area contributed by atoms with Gasteiger partial charge < -0.3 is 24.8 Å². The molecule has 0 aliphatic carbocycles. The van der Waals surface area contributed by atoms with E-state index < -0.39 is 11.9 Å². The number of carbonyl (C=O) groups is 3. The van der Waals surface area contributed by atoms with E-state index in [0.29, 0.717) is 11.5 Å². The van der Waals surface area contributed by atoms with Gasteiger partial charge in [0.05, 0.1) is 14.2 Å². The van der Waals surface area contributed by atoms with Crippen molar-refractivity contribution in [2.24, 2.45) is 0 Å². The molecule has 8 nitrogen and oxygen atoms in total. The Morgan fingerprint density at radius 3 is 2.20 bits per heavy atom. The number of hydrogen-bond acceptors (Lipinski definition) is 6. The van der Waals surface area contributed by atoms with Crippen molar-refractivity contribution in [2.75, 3.05) is 27.4 Å². The van der Waals surface area contributed by atoms with Crippen LogP contribution in [0.4, 0.5) is 0 Å². The molecule has 0 saturated carbocycles. The molecule has 8 heteroatoms. The molecule has 0 aromatic heterocycles. The molecule has 0 saturated heterocycles. The van der Waals surface area contributed by atoms with Crippen molar-refractivity contribution < 1.29 is 28.6 Å². The molecule has 0 fully saturated rings. The Hall–Kier alpha value is -2.77. The summed E-state index contributed by atoms with van der Waals surface area (Å²) in [6.07, 6.45) is 0.778. The van der Waals surface area contributed by atoms with Crippen LogP contribution in [0.1, 0.15) is 30.6 Å². The van der Waals surface area contributed by atoms with Crippen molar-refractivity contribution in [2.45, 2.75) is 26.3 Å². The van der Waals surface area contributed by atoms with E-state index in [-0.39, 0.29) is 30.7 Å². The SMILES string of the molecule is CC[C@@H](C)NC(=O)COC(=O)CNC(=O)c1cc(OC)cc(OC)c1. The highest BCUT2D eigenvalue weighted by atomic mass is 16.5. The fraction of sp³-hybridized carbons (Fsp3) is 0.471. The maximum atomic E-state index is 12.1. The van der Waals surface area contributed by atoms with Crippen LogP contribution in [0.2, 0.25) is 0 Å². The van der Waals surface area contributed by atoms with Crippen molar-refractivity contribution >= 4 is 17.8 Å². The van der Waals surface area contributed by atoms with Gasteiger partial charge in [-0.05, 0) is 25.5 Å². The maximum Gasteiger partial charge on any atom is 0.325 e. The summed E-state index contributed by atoms with van der Waals surface area (Å²) in [6, 6.07) is 4.67. The minimum Gasteiger partial charge on any atom is -0.497 e. The molecule has 1 aromatic carbocycles. The van der Waals surface area contributed by atoms with Gasteiger partial charge in [0.15, 0.2) is 6.61 Å². The fourth-order valence-corrected chi connectivity index (χ4v) is 1.81. The molecule has 0 bridgehead atoms. The molecular formula is C17H24N2O6. The van der Waals surface area contributed by atoms with Gasteiger partial charge in [-0.3, -0.25) is 14.4 Å². The number of methoxy groups -OCH3 is 2. The van der Waals surface area contributed by atoms with Gasteiger partial charge in [-0.25, -0.2) is 0 Å². The number of amides is 2. The third kappa shape index (κ3) is 7.11. The van der Waals surface area contributed by atoms with E-state index in [1.165, 1.54) is 26.4 Å². The topological polar surface area (TPSA) is 103 Å². The fourth-order valence-electron chi connectivity index (χ4n) is 1.81. The number of esters is 1. The number of hydrogen-bond donors (Lipinski definition) is 2. The van der Waals surface area contributed by atoms with Crippen molar-refractivity contribution in [1.82, 2.24) is 10.6 Å². The predicted octanol–water partition coefficient (Wildman–Crippen LogP) is 0.892. The highest BCUT2D eigenvalue weighted by molar-refractivity contribution is 5.96. The van der Waals surface area contributed by atoms with Crippen LogP contribution in [0.5, 0.6) is 11.5 Å². The van der Waals surface area contributed by atoms with Gasteiger partial charge in [0.25, 0.3) is 11.8 Å². The van der Waals surface area contributed by atoms with E-state index in [4.69, 9.17) is 14.2 Å². The zero-order chi connectivity index (χ0) is 18.8. The molecule has 138 valence electrons. The largest absolute Gasteiger partial charge is 0.497 e. The second-order valence-corrected chi connectivity index (χ2v) is 5.32. The average molecular weight is 352 g/mol. The first-order valence-electron chi connectivity index (χ1n) is 7.85. The molecule has 2 N–H and O–H groups in total. The standard InChI is InChI=1S/C17H24N2O6/c1-5-11(2)19-15(20)10-25-16(21)9-18-17(22)12-6-13(23-3)8-14(7-12)24-4/h6-8,11H,5,9-10H2,1-4H3,(H,18,22)(H,19,20)/t11-/m1/s1. The lowest BCUT2D eigenvalue weighted by atomic mass is 10.2. The Balaban J connectivity index is 2.48. The molecule has 0 aliphatic heterocycles. The van der Waals surface area contributed by atoms with Gasteiger partial charge >= 0.3 is 5.97 Å². The minimum absolute atomic E-state index is 0.00828. The molecule has 2 amide bonds. The molecule has 25 heavy (non-hydrogen) atoms. The molecule has 0 aliphatic rings. The van der Waals surface area contributed by atoms with Crippen molar-refractivity contribution in [3.05, 3.63) is 23.8 Å². The summed E-state index contributed by atoms with van der Waals surface area (Å²) in [6.45, 7) is 3.05. The maximum absolute atomic E-state index is 12.1. The summed E-state index contributed by atoms with van der Waals surface area (Å²) in [5, 5.41) is 5.09. The highest BCUT2D eigenvalue weighted by Crippen LogP contribution is 2.22. The first kappa shape index (κ1) is 20.3.